The van der Waals surface area contributed by atoms with Crippen LogP contribution in [0.1, 0.15) is 12.0 Å². The van der Waals surface area contributed by atoms with Crippen molar-refractivity contribution in [1.29, 1.82) is 0 Å². The third-order valence-corrected chi connectivity index (χ3v) is 4.38. The van der Waals surface area contributed by atoms with Gasteiger partial charge in [0.05, 0.1) is 5.02 Å². The smallest absolute Gasteiger partial charge is 0.244 e. The molecule has 0 unspecified atom stereocenters. The van der Waals surface area contributed by atoms with E-state index >= 15 is 0 Å². The van der Waals surface area contributed by atoms with Gasteiger partial charge in [-0.25, -0.2) is 0 Å². The summed E-state index contributed by atoms with van der Waals surface area (Å²) in [6.45, 7) is 3.87. The van der Waals surface area contributed by atoms with Crippen molar-refractivity contribution in [2.75, 3.05) is 39.9 Å². The number of hydrogen-bond donors (Lipinski definition) is 1. The Kier molecular flexibility index (Phi) is 5.08. The maximum atomic E-state index is 11.9. The van der Waals surface area contributed by atoms with Crippen molar-refractivity contribution in [3.8, 4) is 11.5 Å². The van der Waals surface area contributed by atoms with Crippen LogP contribution in [-0.2, 0) is 4.79 Å². The fraction of sp³-hybridized carbons (Fsp3) is 0.471. The van der Waals surface area contributed by atoms with Crippen molar-refractivity contribution < 1.29 is 14.3 Å². The minimum absolute atomic E-state index is 0.0921. The first kappa shape index (κ1) is 16.1. The number of nitrogens with one attached hydrogen (secondary N) is 1. The maximum Gasteiger partial charge on any atom is 0.244 e. The standard InChI is InChI=1S/C17H21ClN2O3/c1-20-5-4-13(11-20)10-19-16(21)3-2-12-8-14(18)17-15(9-12)22-6-7-23-17/h2-3,8-9,13H,4-7,10-11H2,1H3,(H,19,21)/b3-2+/t13-/m1/s1. The van der Waals surface area contributed by atoms with Gasteiger partial charge in [-0.2, -0.15) is 0 Å². The molecule has 6 heteroatoms. The van der Waals surface area contributed by atoms with E-state index < -0.39 is 0 Å². The third kappa shape index (κ3) is 4.18. The van der Waals surface area contributed by atoms with E-state index in [0.717, 1.165) is 31.6 Å². The van der Waals surface area contributed by atoms with Crippen LogP contribution in [0.4, 0.5) is 0 Å². The number of nitrogens with zero attached hydrogens (tertiary/aromatic N) is 1. The summed E-state index contributed by atoms with van der Waals surface area (Å²) in [5.41, 5.74) is 0.815. The van der Waals surface area contributed by atoms with Gasteiger partial charge in [-0.1, -0.05) is 11.6 Å². The first-order valence-electron chi connectivity index (χ1n) is 7.85. The summed E-state index contributed by atoms with van der Waals surface area (Å²) >= 11 is 6.18. The Bertz CT molecular complexity index is 618. The highest BCUT2D eigenvalue weighted by molar-refractivity contribution is 6.32. The zero-order chi connectivity index (χ0) is 16.2. The maximum absolute atomic E-state index is 11.9. The molecule has 1 fully saturated rings. The lowest BCUT2D eigenvalue weighted by Crippen LogP contribution is -2.29. The molecule has 0 aliphatic carbocycles. The van der Waals surface area contributed by atoms with E-state index in [1.807, 2.05) is 6.07 Å². The van der Waals surface area contributed by atoms with E-state index in [2.05, 4.69) is 17.3 Å². The van der Waals surface area contributed by atoms with Gasteiger partial charge in [-0.3, -0.25) is 4.79 Å². The van der Waals surface area contributed by atoms with E-state index in [-0.39, 0.29) is 5.91 Å². The van der Waals surface area contributed by atoms with E-state index in [1.54, 1.807) is 12.1 Å². The van der Waals surface area contributed by atoms with Crippen LogP contribution in [0.5, 0.6) is 11.5 Å². The first-order chi connectivity index (χ1) is 11.1. The molecule has 1 aromatic rings. The zero-order valence-corrected chi connectivity index (χ0v) is 13.9. The molecule has 0 aromatic heterocycles. The molecule has 5 nitrogen and oxygen atoms in total. The molecular formula is C17H21ClN2O3. The first-order valence-corrected chi connectivity index (χ1v) is 8.23. The van der Waals surface area contributed by atoms with Crippen LogP contribution < -0.4 is 14.8 Å². The Morgan fingerprint density at radius 3 is 3.04 bits per heavy atom. The molecular weight excluding hydrogens is 316 g/mol. The molecule has 2 heterocycles. The number of halogens is 1. The Balaban J connectivity index is 1.57. The lowest BCUT2D eigenvalue weighted by Gasteiger charge is -2.19. The SMILES string of the molecule is CN1CC[C@H](CNC(=O)/C=C/c2cc(Cl)c3c(c2)OCCO3)C1. The Labute approximate surface area is 141 Å². The lowest BCUT2D eigenvalue weighted by atomic mass is 10.1. The van der Waals surface area contributed by atoms with Gasteiger partial charge in [-0.15, -0.1) is 0 Å². The van der Waals surface area contributed by atoms with Gasteiger partial charge in [0, 0.05) is 19.2 Å². The zero-order valence-electron chi connectivity index (χ0n) is 13.2. The molecule has 23 heavy (non-hydrogen) atoms. The summed E-state index contributed by atoms with van der Waals surface area (Å²) in [4.78, 5) is 14.2. The molecule has 2 aliphatic heterocycles. The molecule has 1 N–H and O–H groups in total. The fourth-order valence-corrected chi connectivity index (χ4v) is 3.17. The molecule has 0 bridgehead atoms. The van der Waals surface area contributed by atoms with Crippen molar-refractivity contribution in [3.05, 3.63) is 28.8 Å². The predicted molar refractivity (Wildman–Crippen MR) is 90.1 cm³/mol. The third-order valence-electron chi connectivity index (χ3n) is 4.10. The molecule has 2 aliphatic rings. The summed E-state index contributed by atoms with van der Waals surface area (Å²) < 4.78 is 11.0. The molecule has 1 aromatic carbocycles. The van der Waals surface area contributed by atoms with Gasteiger partial charge >= 0.3 is 0 Å². The van der Waals surface area contributed by atoms with Gasteiger partial charge in [0.15, 0.2) is 11.5 Å². The lowest BCUT2D eigenvalue weighted by molar-refractivity contribution is -0.116. The highest BCUT2D eigenvalue weighted by Gasteiger charge is 2.19. The fourth-order valence-electron chi connectivity index (χ4n) is 2.90. The average Bonchev–Trinajstić information content (AvgIpc) is 2.96. The number of benzene rings is 1. The molecule has 124 valence electrons. The van der Waals surface area contributed by atoms with E-state index in [4.69, 9.17) is 21.1 Å². The number of hydrogen-bond acceptors (Lipinski definition) is 4. The number of likely N-dealkylation sites (tertiary alicyclic amines) is 1. The van der Waals surface area contributed by atoms with Crippen molar-refractivity contribution in [3.63, 3.8) is 0 Å². The largest absolute Gasteiger partial charge is 0.486 e. The monoisotopic (exact) mass is 336 g/mol. The van der Waals surface area contributed by atoms with Crippen LogP contribution in [0.2, 0.25) is 5.02 Å². The second kappa shape index (κ2) is 7.23. The van der Waals surface area contributed by atoms with Crippen LogP contribution in [0, 0.1) is 5.92 Å². The average molecular weight is 337 g/mol. The summed E-state index contributed by atoms with van der Waals surface area (Å²) in [5, 5.41) is 3.45. The minimum Gasteiger partial charge on any atom is -0.486 e. The minimum atomic E-state index is -0.0921. The summed E-state index contributed by atoms with van der Waals surface area (Å²) in [5.74, 6) is 1.65. The van der Waals surface area contributed by atoms with Crippen molar-refractivity contribution in [2.45, 2.75) is 6.42 Å². The topological polar surface area (TPSA) is 50.8 Å². The predicted octanol–water partition coefficient (Wildman–Crippen LogP) is 2.19. The number of carbonyl (C=O) groups is 1. The molecule has 0 saturated carbocycles. The van der Waals surface area contributed by atoms with E-state index in [9.17, 15) is 4.79 Å². The van der Waals surface area contributed by atoms with Gasteiger partial charge in [-0.05, 0) is 49.7 Å². The van der Waals surface area contributed by atoms with E-state index in [0.29, 0.717) is 35.7 Å². The molecule has 0 radical (unpaired) electrons. The van der Waals surface area contributed by atoms with Crippen LogP contribution in [-0.4, -0.2) is 50.7 Å². The van der Waals surface area contributed by atoms with Gasteiger partial charge in [0.25, 0.3) is 0 Å². The second-order valence-electron chi connectivity index (χ2n) is 6.02. The second-order valence-corrected chi connectivity index (χ2v) is 6.43. The van der Waals surface area contributed by atoms with Gasteiger partial charge in [0.2, 0.25) is 5.91 Å². The van der Waals surface area contributed by atoms with Crippen LogP contribution in [0.3, 0.4) is 0 Å². The summed E-state index contributed by atoms with van der Waals surface area (Å²) in [6, 6.07) is 3.60. The molecule has 0 spiro atoms. The molecule has 1 saturated heterocycles. The molecule has 1 atom stereocenters. The number of carbonyl (C=O) groups excluding carboxylic acids is 1. The van der Waals surface area contributed by atoms with Crippen LogP contribution in [0.25, 0.3) is 6.08 Å². The normalized spacial score (nSPS) is 20.9. The Morgan fingerprint density at radius 1 is 1.43 bits per heavy atom. The summed E-state index contributed by atoms with van der Waals surface area (Å²) in [6.07, 6.45) is 4.40. The molecule has 3 rings (SSSR count). The van der Waals surface area contributed by atoms with Crippen LogP contribution >= 0.6 is 11.6 Å². The Hall–Kier alpha value is -1.72. The molecule has 1 amide bonds. The van der Waals surface area contributed by atoms with Crippen LogP contribution in [0.15, 0.2) is 18.2 Å². The van der Waals surface area contributed by atoms with Gasteiger partial charge < -0.3 is 19.7 Å². The highest BCUT2D eigenvalue weighted by Crippen LogP contribution is 2.38. The van der Waals surface area contributed by atoms with E-state index in [1.165, 1.54) is 6.08 Å². The number of amides is 1. The highest BCUT2D eigenvalue weighted by atomic mass is 35.5. The van der Waals surface area contributed by atoms with Gasteiger partial charge in [0.1, 0.15) is 13.2 Å². The van der Waals surface area contributed by atoms with Crippen molar-refractivity contribution >= 4 is 23.6 Å². The number of fused-ring (bicyclic) bond motifs is 1. The number of ether oxygens (including phenoxy) is 2. The van der Waals surface area contributed by atoms with Crippen molar-refractivity contribution in [1.82, 2.24) is 10.2 Å². The number of rotatable bonds is 4. The quantitative estimate of drug-likeness (QED) is 0.856. The Morgan fingerprint density at radius 2 is 2.26 bits per heavy atom. The van der Waals surface area contributed by atoms with Crippen molar-refractivity contribution in [2.24, 2.45) is 5.92 Å². The summed E-state index contributed by atoms with van der Waals surface area (Å²) in [7, 11) is 2.10.